The molecule has 0 spiro atoms. The average Bonchev–Trinajstić information content (AvgIpc) is 2.36. The molecule has 0 aromatic heterocycles. The zero-order valence-corrected chi connectivity index (χ0v) is 10.8. The molecule has 0 saturated carbocycles. The third-order valence-corrected chi connectivity index (χ3v) is 2.81. The van der Waals surface area contributed by atoms with Crippen molar-refractivity contribution in [3.63, 3.8) is 0 Å². The molecule has 2 atom stereocenters. The fourth-order valence-corrected chi connectivity index (χ4v) is 1.46. The van der Waals surface area contributed by atoms with Gasteiger partial charge in [-0.3, -0.25) is 0 Å². The van der Waals surface area contributed by atoms with Gasteiger partial charge in [-0.1, -0.05) is 12.1 Å². The van der Waals surface area contributed by atoms with Crippen molar-refractivity contribution < 1.29 is 19.7 Å². The Kier molecular flexibility index (Phi) is 4.69. The number of methoxy groups -OCH3 is 1. The van der Waals surface area contributed by atoms with E-state index >= 15 is 0 Å². The number of nitrogens with one attached hydrogen (secondary N) is 1. The van der Waals surface area contributed by atoms with E-state index in [0.717, 1.165) is 11.3 Å². The predicted molar refractivity (Wildman–Crippen MR) is 67.7 cm³/mol. The van der Waals surface area contributed by atoms with Gasteiger partial charge in [0.15, 0.2) is 5.60 Å². The largest absolute Gasteiger partial charge is 0.497 e. The fraction of sp³-hybridized carbons (Fsp3) is 0.462. The molecule has 1 aromatic rings. The van der Waals surface area contributed by atoms with Crippen molar-refractivity contribution in [3.05, 3.63) is 29.8 Å². The van der Waals surface area contributed by atoms with Gasteiger partial charge in [-0.05, 0) is 31.5 Å². The minimum Gasteiger partial charge on any atom is -0.497 e. The van der Waals surface area contributed by atoms with Gasteiger partial charge in [-0.25, -0.2) is 4.79 Å². The highest BCUT2D eigenvalue weighted by atomic mass is 16.5. The van der Waals surface area contributed by atoms with Gasteiger partial charge in [0.2, 0.25) is 0 Å². The molecule has 0 saturated heterocycles. The third kappa shape index (κ3) is 3.72. The number of hydrogen-bond acceptors (Lipinski definition) is 4. The molecule has 0 bridgehead atoms. The molecule has 1 rings (SSSR count). The van der Waals surface area contributed by atoms with Crippen LogP contribution in [0.15, 0.2) is 24.3 Å². The number of aliphatic carboxylic acids is 1. The highest BCUT2D eigenvalue weighted by molar-refractivity contribution is 5.76. The first-order chi connectivity index (χ1) is 8.36. The van der Waals surface area contributed by atoms with Gasteiger partial charge in [-0.15, -0.1) is 0 Å². The van der Waals surface area contributed by atoms with Crippen LogP contribution in [0.1, 0.15) is 25.5 Å². The number of carboxylic acid groups (broad SMARTS) is 1. The van der Waals surface area contributed by atoms with E-state index in [-0.39, 0.29) is 12.6 Å². The summed E-state index contributed by atoms with van der Waals surface area (Å²) in [6.07, 6.45) is 0. The summed E-state index contributed by atoms with van der Waals surface area (Å²) >= 11 is 0. The maximum absolute atomic E-state index is 10.8. The Bertz CT molecular complexity index is 417. The Hall–Kier alpha value is -1.59. The summed E-state index contributed by atoms with van der Waals surface area (Å²) in [6.45, 7) is 3.13. The molecule has 0 radical (unpaired) electrons. The van der Waals surface area contributed by atoms with Crippen molar-refractivity contribution in [2.45, 2.75) is 25.5 Å². The molecule has 5 heteroatoms. The molecule has 3 N–H and O–H groups in total. The fourth-order valence-electron chi connectivity index (χ4n) is 1.46. The second kappa shape index (κ2) is 5.84. The van der Waals surface area contributed by atoms with Gasteiger partial charge in [0.05, 0.1) is 7.11 Å². The zero-order chi connectivity index (χ0) is 13.8. The van der Waals surface area contributed by atoms with Crippen molar-refractivity contribution >= 4 is 5.97 Å². The van der Waals surface area contributed by atoms with Crippen molar-refractivity contribution in [2.24, 2.45) is 0 Å². The molecule has 0 aliphatic carbocycles. The number of rotatable bonds is 6. The zero-order valence-electron chi connectivity index (χ0n) is 10.8. The maximum Gasteiger partial charge on any atom is 0.336 e. The standard InChI is InChI=1S/C13H19NO4/c1-9(14-8-13(2,17)12(15)16)10-5-4-6-11(7-10)18-3/h4-7,9,14,17H,8H2,1-3H3,(H,15,16)/t9-,13?/m0/s1. The molecule has 0 amide bonds. The van der Waals surface area contributed by atoms with E-state index in [1.807, 2.05) is 31.2 Å². The van der Waals surface area contributed by atoms with E-state index in [1.54, 1.807) is 7.11 Å². The minimum atomic E-state index is -1.77. The van der Waals surface area contributed by atoms with E-state index in [0.29, 0.717) is 0 Å². The molecular weight excluding hydrogens is 234 g/mol. The summed E-state index contributed by atoms with van der Waals surface area (Å²) in [5, 5.41) is 21.4. The van der Waals surface area contributed by atoms with Crippen LogP contribution >= 0.6 is 0 Å². The minimum absolute atomic E-state index is 0.0271. The van der Waals surface area contributed by atoms with Crippen LogP contribution in [0.3, 0.4) is 0 Å². The van der Waals surface area contributed by atoms with Crippen LogP contribution < -0.4 is 10.1 Å². The molecule has 100 valence electrons. The van der Waals surface area contributed by atoms with Crippen LogP contribution in [-0.2, 0) is 4.79 Å². The average molecular weight is 253 g/mol. The second-order valence-electron chi connectivity index (χ2n) is 4.46. The molecule has 0 heterocycles. The van der Waals surface area contributed by atoms with Crippen LogP contribution in [0, 0.1) is 0 Å². The molecule has 1 aromatic carbocycles. The molecule has 0 aliphatic rings. The van der Waals surface area contributed by atoms with Crippen molar-refractivity contribution in [1.29, 1.82) is 0 Å². The number of carbonyl (C=O) groups is 1. The monoisotopic (exact) mass is 253 g/mol. The lowest BCUT2D eigenvalue weighted by molar-refractivity contribution is -0.156. The maximum atomic E-state index is 10.8. The predicted octanol–water partition coefficient (Wildman–Crippen LogP) is 1.18. The smallest absolute Gasteiger partial charge is 0.336 e. The van der Waals surface area contributed by atoms with Crippen LogP contribution in [-0.4, -0.2) is 35.4 Å². The summed E-state index contributed by atoms with van der Waals surface area (Å²) < 4.78 is 5.12. The van der Waals surface area contributed by atoms with E-state index in [4.69, 9.17) is 9.84 Å². The third-order valence-electron chi connectivity index (χ3n) is 2.81. The van der Waals surface area contributed by atoms with Crippen molar-refractivity contribution in [1.82, 2.24) is 5.32 Å². The lowest BCUT2D eigenvalue weighted by Crippen LogP contribution is -2.45. The Balaban J connectivity index is 2.65. The summed E-state index contributed by atoms with van der Waals surface area (Å²) in [6, 6.07) is 7.40. The lowest BCUT2D eigenvalue weighted by Gasteiger charge is -2.22. The van der Waals surface area contributed by atoms with Gasteiger partial charge in [-0.2, -0.15) is 0 Å². The Labute approximate surface area is 106 Å². The molecule has 1 unspecified atom stereocenters. The molecule has 0 fully saturated rings. The topological polar surface area (TPSA) is 78.8 Å². The van der Waals surface area contributed by atoms with Gasteiger partial charge < -0.3 is 20.3 Å². The Morgan fingerprint density at radius 2 is 2.22 bits per heavy atom. The quantitative estimate of drug-likeness (QED) is 0.709. The number of benzene rings is 1. The second-order valence-corrected chi connectivity index (χ2v) is 4.46. The molecular formula is C13H19NO4. The number of ether oxygens (including phenoxy) is 1. The van der Waals surface area contributed by atoms with Gasteiger partial charge in [0.1, 0.15) is 5.75 Å². The first-order valence-corrected chi connectivity index (χ1v) is 5.70. The molecule has 5 nitrogen and oxygen atoms in total. The van der Waals surface area contributed by atoms with Gasteiger partial charge in [0, 0.05) is 12.6 Å². The van der Waals surface area contributed by atoms with Crippen LogP contribution in [0.2, 0.25) is 0 Å². The van der Waals surface area contributed by atoms with E-state index in [1.165, 1.54) is 6.92 Å². The van der Waals surface area contributed by atoms with E-state index in [2.05, 4.69) is 5.32 Å². The highest BCUT2D eigenvalue weighted by Crippen LogP contribution is 2.19. The molecule has 18 heavy (non-hydrogen) atoms. The lowest BCUT2D eigenvalue weighted by atomic mass is 10.0. The summed E-state index contributed by atoms with van der Waals surface area (Å²) in [4.78, 5) is 10.8. The van der Waals surface area contributed by atoms with Gasteiger partial charge >= 0.3 is 5.97 Å². The van der Waals surface area contributed by atoms with E-state index < -0.39 is 11.6 Å². The number of aliphatic hydroxyl groups is 1. The van der Waals surface area contributed by atoms with Crippen LogP contribution in [0.5, 0.6) is 5.75 Å². The summed E-state index contributed by atoms with van der Waals surface area (Å²) in [5.41, 5.74) is -0.803. The Morgan fingerprint density at radius 3 is 2.78 bits per heavy atom. The van der Waals surface area contributed by atoms with Crippen molar-refractivity contribution in [2.75, 3.05) is 13.7 Å². The van der Waals surface area contributed by atoms with Crippen LogP contribution in [0.4, 0.5) is 0 Å². The first kappa shape index (κ1) is 14.5. The number of carboxylic acids is 1. The van der Waals surface area contributed by atoms with Crippen LogP contribution in [0.25, 0.3) is 0 Å². The first-order valence-electron chi connectivity index (χ1n) is 5.70. The Morgan fingerprint density at radius 1 is 1.56 bits per heavy atom. The normalized spacial score (nSPS) is 15.8. The summed E-state index contributed by atoms with van der Waals surface area (Å²) in [5.74, 6) is -0.501. The summed E-state index contributed by atoms with van der Waals surface area (Å²) in [7, 11) is 1.59. The van der Waals surface area contributed by atoms with Gasteiger partial charge in [0.25, 0.3) is 0 Å². The van der Waals surface area contributed by atoms with Crippen molar-refractivity contribution in [3.8, 4) is 5.75 Å². The SMILES string of the molecule is COc1cccc([C@H](C)NCC(C)(O)C(=O)O)c1. The molecule has 0 aliphatic heterocycles. The highest BCUT2D eigenvalue weighted by Gasteiger charge is 2.29. The van der Waals surface area contributed by atoms with E-state index in [9.17, 15) is 9.90 Å². The number of hydrogen-bond donors (Lipinski definition) is 3.